The normalized spacial score (nSPS) is 20.4. The number of benzene rings is 1. The van der Waals surface area contributed by atoms with E-state index in [0.29, 0.717) is 6.04 Å². The van der Waals surface area contributed by atoms with Crippen LogP contribution < -0.4 is 4.74 Å². The standard InChI is InChI=1S/C20H33NO2/c1-3-5-16-23-19-11-9-17(10-12-19)20(22)13-15-21-14-7-6-8-18(21)4-2/h9-12,18,20,22H,3-8,13-16H2,1-2H3. The smallest absolute Gasteiger partial charge is 0.119 e. The molecule has 0 radical (unpaired) electrons. The Morgan fingerprint density at radius 1 is 1.22 bits per heavy atom. The van der Waals surface area contributed by atoms with E-state index in [1.54, 1.807) is 0 Å². The zero-order valence-corrected chi connectivity index (χ0v) is 14.8. The lowest BCUT2D eigenvalue weighted by molar-refractivity contribution is 0.101. The third-order valence-electron chi connectivity index (χ3n) is 4.94. The Labute approximate surface area is 141 Å². The molecule has 0 spiro atoms. The predicted molar refractivity (Wildman–Crippen MR) is 95.9 cm³/mol. The van der Waals surface area contributed by atoms with E-state index in [1.165, 1.54) is 32.2 Å². The molecule has 1 saturated heterocycles. The van der Waals surface area contributed by atoms with Crippen LogP contribution in [0.4, 0.5) is 0 Å². The molecule has 2 unspecified atom stereocenters. The van der Waals surface area contributed by atoms with Crippen molar-refractivity contribution in [2.45, 2.75) is 70.9 Å². The fourth-order valence-corrected chi connectivity index (χ4v) is 3.39. The Balaban J connectivity index is 1.79. The molecule has 23 heavy (non-hydrogen) atoms. The van der Waals surface area contributed by atoms with Gasteiger partial charge in [-0.05, 0) is 56.3 Å². The van der Waals surface area contributed by atoms with Gasteiger partial charge in [-0.25, -0.2) is 0 Å². The summed E-state index contributed by atoms with van der Waals surface area (Å²) in [5.41, 5.74) is 0.998. The van der Waals surface area contributed by atoms with Gasteiger partial charge in [0.1, 0.15) is 5.75 Å². The van der Waals surface area contributed by atoms with E-state index in [1.807, 2.05) is 24.3 Å². The molecule has 2 atom stereocenters. The van der Waals surface area contributed by atoms with Gasteiger partial charge in [0.25, 0.3) is 0 Å². The van der Waals surface area contributed by atoms with Gasteiger partial charge >= 0.3 is 0 Å². The van der Waals surface area contributed by atoms with Crippen LogP contribution in [-0.4, -0.2) is 35.7 Å². The van der Waals surface area contributed by atoms with Gasteiger partial charge in [0.2, 0.25) is 0 Å². The van der Waals surface area contributed by atoms with E-state index in [9.17, 15) is 5.11 Å². The minimum Gasteiger partial charge on any atom is -0.494 e. The van der Waals surface area contributed by atoms with E-state index in [0.717, 1.165) is 43.7 Å². The number of aliphatic hydroxyl groups excluding tert-OH is 1. The predicted octanol–water partition coefficient (Wildman–Crippen LogP) is 4.55. The molecule has 1 N–H and O–H groups in total. The average molecular weight is 319 g/mol. The molecule has 1 fully saturated rings. The molecule has 0 aromatic heterocycles. The molecule has 0 saturated carbocycles. The number of ether oxygens (including phenoxy) is 1. The second-order valence-electron chi connectivity index (χ2n) is 6.67. The molecule has 0 aliphatic carbocycles. The lowest BCUT2D eigenvalue weighted by Gasteiger charge is -2.35. The fraction of sp³-hybridized carbons (Fsp3) is 0.700. The van der Waals surface area contributed by atoms with Crippen LogP contribution in [0.1, 0.15) is 70.5 Å². The molecule has 3 heteroatoms. The molecule has 2 rings (SSSR count). The number of unbranched alkanes of at least 4 members (excludes halogenated alkanes) is 1. The number of hydrogen-bond donors (Lipinski definition) is 1. The molecule has 0 bridgehead atoms. The highest BCUT2D eigenvalue weighted by Crippen LogP contribution is 2.24. The molecule has 1 aromatic rings. The highest BCUT2D eigenvalue weighted by molar-refractivity contribution is 5.28. The molecule has 3 nitrogen and oxygen atoms in total. The highest BCUT2D eigenvalue weighted by Gasteiger charge is 2.21. The molecular formula is C20H33NO2. The van der Waals surface area contributed by atoms with Gasteiger partial charge in [0, 0.05) is 12.6 Å². The monoisotopic (exact) mass is 319 g/mol. The first-order chi connectivity index (χ1) is 11.2. The van der Waals surface area contributed by atoms with Gasteiger partial charge in [-0.3, -0.25) is 0 Å². The Morgan fingerprint density at radius 2 is 2.00 bits per heavy atom. The van der Waals surface area contributed by atoms with E-state index in [4.69, 9.17) is 4.74 Å². The summed E-state index contributed by atoms with van der Waals surface area (Å²) in [6.07, 6.45) is 7.86. The lowest BCUT2D eigenvalue weighted by atomic mass is 9.98. The second kappa shape index (κ2) is 9.94. The van der Waals surface area contributed by atoms with Crippen molar-refractivity contribution >= 4 is 0 Å². The number of aliphatic hydroxyl groups is 1. The van der Waals surface area contributed by atoms with E-state index in [2.05, 4.69) is 18.7 Å². The maximum atomic E-state index is 10.4. The summed E-state index contributed by atoms with van der Waals surface area (Å²) >= 11 is 0. The zero-order valence-electron chi connectivity index (χ0n) is 14.8. The minimum atomic E-state index is -0.376. The molecule has 1 aromatic carbocycles. The van der Waals surface area contributed by atoms with Crippen molar-refractivity contribution < 1.29 is 9.84 Å². The van der Waals surface area contributed by atoms with E-state index in [-0.39, 0.29) is 6.10 Å². The summed E-state index contributed by atoms with van der Waals surface area (Å²) in [7, 11) is 0. The van der Waals surface area contributed by atoms with Crippen molar-refractivity contribution in [3.05, 3.63) is 29.8 Å². The third kappa shape index (κ3) is 5.82. The van der Waals surface area contributed by atoms with Crippen LogP contribution in [0.3, 0.4) is 0 Å². The first-order valence-corrected chi connectivity index (χ1v) is 9.39. The summed E-state index contributed by atoms with van der Waals surface area (Å²) < 4.78 is 5.68. The van der Waals surface area contributed by atoms with Crippen molar-refractivity contribution in [1.82, 2.24) is 4.90 Å². The Hall–Kier alpha value is -1.06. The minimum absolute atomic E-state index is 0.376. The quantitative estimate of drug-likeness (QED) is 0.678. The van der Waals surface area contributed by atoms with Crippen LogP contribution in [0.25, 0.3) is 0 Å². The van der Waals surface area contributed by atoms with Gasteiger partial charge in [-0.1, -0.05) is 38.8 Å². The Kier molecular flexibility index (Phi) is 7.90. The summed E-state index contributed by atoms with van der Waals surface area (Å²) in [4.78, 5) is 2.56. The molecule has 1 aliphatic heterocycles. The zero-order chi connectivity index (χ0) is 16.5. The van der Waals surface area contributed by atoms with Crippen molar-refractivity contribution in [1.29, 1.82) is 0 Å². The van der Waals surface area contributed by atoms with Crippen molar-refractivity contribution in [3.63, 3.8) is 0 Å². The van der Waals surface area contributed by atoms with Crippen molar-refractivity contribution in [3.8, 4) is 5.75 Å². The van der Waals surface area contributed by atoms with Crippen LogP contribution in [0.5, 0.6) is 5.75 Å². The highest BCUT2D eigenvalue weighted by atomic mass is 16.5. The number of piperidine rings is 1. The first kappa shape index (κ1) is 18.3. The molecule has 1 heterocycles. The van der Waals surface area contributed by atoms with Crippen LogP contribution in [-0.2, 0) is 0 Å². The summed E-state index contributed by atoms with van der Waals surface area (Å²) in [5.74, 6) is 0.900. The van der Waals surface area contributed by atoms with Gasteiger partial charge in [0.05, 0.1) is 12.7 Å². The van der Waals surface area contributed by atoms with Crippen LogP contribution in [0.2, 0.25) is 0 Å². The number of likely N-dealkylation sites (tertiary alicyclic amines) is 1. The summed E-state index contributed by atoms with van der Waals surface area (Å²) in [5, 5.41) is 10.4. The topological polar surface area (TPSA) is 32.7 Å². The fourth-order valence-electron chi connectivity index (χ4n) is 3.39. The second-order valence-corrected chi connectivity index (χ2v) is 6.67. The van der Waals surface area contributed by atoms with Gasteiger partial charge in [-0.15, -0.1) is 0 Å². The van der Waals surface area contributed by atoms with E-state index >= 15 is 0 Å². The molecule has 130 valence electrons. The molecule has 0 amide bonds. The van der Waals surface area contributed by atoms with Crippen molar-refractivity contribution in [2.24, 2.45) is 0 Å². The van der Waals surface area contributed by atoms with Gasteiger partial charge in [-0.2, -0.15) is 0 Å². The Bertz CT molecular complexity index is 432. The lowest BCUT2D eigenvalue weighted by Crippen LogP contribution is -2.40. The third-order valence-corrected chi connectivity index (χ3v) is 4.94. The number of nitrogens with zero attached hydrogens (tertiary/aromatic N) is 1. The first-order valence-electron chi connectivity index (χ1n) is 9.39. The maximum Gasteiger partial charge on any atom is 0.119 e. The van der Waals surface area contributed by atoms with Crippen LogP contribution in [0.15, 0.2) is 24.3 Å². The molecule has 1 aliphatic rings. The SMILES string of the molecule is CCCCOc1ccc(C(O)CCN2CCCCC2CC)cc1. The summed E-state index contributed by atoms with van der Waals surface area (Å²) in [6, 6.07) is 8.66. The molecular weight excluding hydrogens is 286 g/mol. The Morgan fingerprint density at radius 3 is 2.70 bits per heavy atom. The van der Waals surface area contributed by atoms with Crippen LogP contribution >= 0.6 is 0 Å². The number of rotatable bonds is 9. The maximum absolute atomic E-state index is 10.4. The summed E-state index contributed by atoms with van der Waals surface area (Å²) in [6.45, 7) is 7.39. The average Bonchev–Trinajstić information content (AvgIpc) is 2.60. The number of hydrogen-bond acceptors (Lipinski definition) is 3. The largest absolute Gasteiger partial charge is 0.494 e. The van der Waals surface area contributed by atoms with E-state index < -0.39 is 0 Å². The van der Waals surface area contributed by atoms with Crippen molar-refractivity contribution in [2.75, 3.05) is 19.7 Å². The van der Waals surface area contributed by atoms with Gasteiger partial charge in [0.15, 0.2) is 0 Å². The van der Waals surface area contributed by atoms with Crippen LogP contribution in [0, 0.1) is 0 Å². The van der Waals surface area contributed by atoms with Gasteiger partial charge < -0.3 is 14.7 Å².